The molecule has 2 nitrogen and oxygen atoms in total. The molecule has 0 aromatic heterocycles. The van der Waals surface area contributed by atoms with E-state index in [1.807, 2.05) is 0 Å². The highest BCUT2D eigenvalue weighted by Crippen LogP contribution is 2.38. The molecule has 0 radical (unpaired) electrons. The molecule has 0 spiro atoms. The minimum absolute atomic E-state index is 0.251. The molecule has 0 saturated carbocycles. The van der Waals surface area contributed by atoms with Gasteiger partial charge in [-0.3, -0.25) is 4.90 Å². The third kappa shape index (κ3) is 3.39. The van der Waals surface area contributed by atoms with Crippen molar-refractivity contribution >= 4 is 11.8 Å². The topological polar surface area (TPSA) is 29.3 Å². The first-order valence-electron chi connectivity index (χ1n) is 7.17. The molecule has 2 N–H and O–H groups in total. The van der Waals surface area contributed by atoms with Gasteiger partial charge >= 0.3 is 0 Å². The molecule has 1 aliphatic rings. The maximum atomic E-state index is 6.17. The van der Waals surface area contributed by atoms with Crippen LogP contribution in [0.15, 0.2) is 0 Å². The number of hydrogen-bond donors (Lipinski definition) is 1. The average Bonchev–Trinajstić information content (AvgIpc) is 2.36. The normalized spacial score (nSPS) is 31.8. The second-order valence-electron chi connectivity index (χ2n) is 5.48. The van der Waals surface area contributed by atoms with Crippen molar-refractivity contribution in [1.82, 2.24) is 4.90 Å². The molecule has 1 rings (SSSR count). The molecule has 17 heavy (non-hydrogen) atoms. The van der Waals surface area contributed by atoms with E-state index in [0.717, 1.165) is 19.0 Å². The Bertz CT molecular complexity index is 222. The summed E-state index contributed by atoms with van der Waals surface area (Å²) < 4.78 is 0. The predicted octanol–water partition coefficient (Wildman–Crippen LogP) is 2.97. The lowest BCUT2D eigenvalue weighted by molar-refractivity contribution is 0.0720. The van der Waals surface area contributed by atoms with E-state index in [9.17, 15) is 0 Å². The van der Waals surface area contributed by atoms with Crippen molar-refractivity contribution in [2.75, 3.05) is 25.4 Å². The molecular weight excluding hydrogens is 228 g/mol. The highest BCUT2D eigenvalue weighted by atomic mass is 32.2. The zero-order valence-electron chi connectivity index (χ0n) is 12.0. The summed E-state index contributed by atoms with van der Waals surface area (Å²) in [7, 11) is 0. The Balaban J connectivity index is 2.79. The quantitative estimate of drug-likeness (QED) is 0.794. The van der Waals surface area contributed by atoms with Crippen molar-refractivity contribution in [3.05, 3.63) is 0 Å². The number of rotatable bonds is 6. The van der Waals surface area contributed by atoms with Gasteiger partial charge in [-0.15, -0.1) is 0 Å². The van der Waals surface area contributed by atoms with Gasteiger partial charge in [-0.05, 0) is 31.1 Å². The number of hydrogen-bond acceptors (Lipinski definition) is 3. The van der Waals surface area contributed by atoms with E-state index in [1.54, 1.807) is 0 Å². The zero-order chi connectivity index (χ0) is 12.9. The van der Waals surface area contributed by atoms with Crippen LogP contribution in [0.3, 0.4) is 0 Å². The van der Waals surface area contributed by atoms with Crippen molar-refractivity contribution in [3.8, 4) is 0 Å². The van der Waals surface area contributed by atoms with Gasteiger partial charge < -0.3 is 5.73 Å². The molecule has 3 heteroatoms. The SMILES string of the molecule is CCC(C)CN(CC)C1(CN)CCCSC1C. The molecule has 3 unspecified atom stereocenters. The fraction of sp³-hybridized carbons (Fsp3) is 1.00. The van der Waals surface area contributed by atoms with Crippen LogP contribution in [0.5, 0.6) is 0 Å². The Morgan fingerprint density at radius 3 is 2.65 bits per heavy atom. The molecule has 0 aliphatic carbocycles. The van der Waals surface area contributed by atoms with Crippen LogP contribution in [0.2, 0.25) is 0 Å². The molecule has 0 amide bonds. The predicted molar refractivity (Wildman–Crippen MR) is 79.6 cm³/mol. The van der Waals surface area contributed by atoms with Gasteiger partial charge in [0.2, 0.25) is 0 Å². The highest BCUT2D eigenvalue weighted by Gasteiger charge is 2.42. The summed E-state index contributed by atoms with van der Waals surface area (Å²) in [6, 6.07) is 0. The molecular formula is C14H30N2S. The lowest BCUT2D eigenvalue weighted by atomic mass is 9.86. The molecule has 0 bridgehead atoms. The van der Waals surface area contributed by atoms with Crippen LogP contribution in [0.25, 0.3) is 0 Å². The minimum Gasteiger partial charge on any atom is -0.329 e. The van der Waals surface area contributed by atoms with Gasteiger partial charge in [0.1, 0.15) is 0 Å². The van der Waals surface area contributed by atoms with Crippen LogP contribution < -0.4 is 5.73 Å². The summed E-state index contributed by atoms with van der Waals surface area (Å²) in [4.78, 5) is 2.66. The van der Waals surface area contributed by atoms with Crippen LogP contribution in [0.4, 0.5) is 0 Å². The second kappa shape index (κ2) is 7.01. The van der Waals surface area contributed by atoms with E-state index in [0.29, 0.717) is 5.25 Å². The molecule has 1 heterocycles. The summed E-state index contributed by atoms with van der Waals surface area (Å²) in [5.41, 5.74) is 6.42. The minimum atomic E-state index is 0.251. The Morgan fingerprint density at radius 1 is 1.47 bits per heavy atom. The largest absolute Gasteiger partial charge is 0.329 e. The van der Waals surface area contributed by atoms with Crippen molar-refractivity contribution < 1.29 is 0 Å². The summed E-state index contributed by atoms with van der Waals surface area (Å²) in [5, 5.41) is 0.672. The number of thioether (sulfide) groups is 1. The smallest absolute Gasteiger partial charge is 0.0447 e. The van der Waals surface area contributed by atoms with Crippen molar-refractivity contribution in [1.29, 1.82) is 0 Å². The van der Waals surface area contributed by atoms with E-state index in [-0.39, 0.29) is 5.54 Å². The summed E-state index contributed by atoms with van der Waals surface area (Å²) >= 11 is 2.11. The van der Waals surface area contributed by atoms with E-state index < -0.39 is 0 Å². The van der Waals surface area contributed by atoms with Gasteiger partial charge in [0.05, 0.1) is 0 Å². The lowest BCUT2D eigenvalue weighted by Crippen LogP contribution is -2.61. The van der Waals surface area contributed by atoms with Crippen LogP contribution in [-0.2, 0) is 0 Å². The molecule has 102 valence electrons. The van der Waals surface area contributed by atoms with E-state index in [2.05, 4.69) is 44.4 Å². The Labute approximate surface area is 112 Å². The molecule has 0 aromatic rings. The standard InChI is InChI=1S/C14H30N2S/c1-5-12(3)10-16(6-2)14(11-15)8-7-9-17-13(14)4/h12-13H,5-11,15H2,1-4H3. The van der Waals surface area contributed by atoms with Gasteiger partial charge in [0.15, 0.2) is 0 Å². The van der Waals surface area contributed by atoms with Crippen LogP contribution in [0, 0.1) is 5.92 Å². The van der Waals surface area contributed by atoms with E-state index >= 15 is 0 Å². The number of nitrogens with zero attached hydrogens (tertiary/aromatic N) is 1. The Morgan fingerprint density at radius 2 is 2.18 bits per heavy atom. The average molecular weight is 258 g/mol. The van der Waals surface area contributed by atoms with E-state index in [4.69, 9.17) is 5.73 Å². The summed E-state index contributed by atoms with van der Waals surface area (Å²) in [6.07, 6.45) is 3.86. The Kier molecular flexibility index (Phi) is 6.32. The third-order valence-corrected chi connectivity index (χ3v) is 5.94. The fourth-order valence-corrected chi connectivity index (χ4v) is 4.28. The highest BCUT2D eigenvalue weighted by molar-refractivity contribution is 8.00. The summed E-state index contributed by atoms with van der Waals surface area (Å²) in [5.74, 6) is 2.08. The van der Waals surface area contributed by atoms with Gasteiger partial charge in [0.25, 0.3) is 0 Å². The lowest BCUT2D eigenvalue weighted by Gasteiger charge is -2.50. The van der Waals surface area contributed by atoms with Crippen LogP contribution >= 0.6 is 11.8 Å². The Hall–Kier alpha value is 0.270. The van der Waals surface area contributed by atoms with Gasteiger partial charge in [-0.25, -0.2) is 0 Å². The maximum Gasteiger partial charge on any atom is 0.0447 e. The third-order valence-electron chi connectivity index (χ3n) is 4.47. The number of nitrogens with two attached hydrogens (primary N) is 1. The second-order valence-corrected chi connectivity index (χ2v) is 6.93. The van der Waals surface area contributed by atoms with Crippen LogP contribution in [-0.4, -0.2) is 41.1 Å². The van der Waals surface area contributed by atoms with Crippen molar-refractivity contribution in [2.24, 2.45) is 11.7 Å². The van der Waals surface area contributed by atoms with Gasteiger partial charge in [-0.1, -0.05) is 34.1 Å². The summed E-state index contributed by atoms with van der Waals surface area (Å²) in [6.45, 7) is 12.4. The first kappa shape index (κ1) is 15.3. The fourth-order valence-electron chi connectivity index (χ4n) is 2.94. The van der Waals surface area contributed by atoms with Crippen molar-refractivity contribution in [2.45, 2.75) is 57.7 Å². The molecule has 1 fully saturated rings. The maximum absolute atomic E-state index is 6.17. The van der Waals surface area contributed by atoms with Gasteiger partial charge in [0, 0.05) is 23.9 Å². The first-order chi connectivity index (χ1) is 8.10. The number of likely N-dealkylation sites (N-methyl/N-ethyl adjacent to an activating group) is 1. The first-order valence-corrected chi connectivity index (χ1v) is 8.22. The molecule has 1 aliphatic heterocycles. The van der Waals surface area contributed by atoms with E-state index in [1.165, 1.54) is 31.6 Å². The van der Waals surface area contributed by atoms with Gasteiger partial charge in [-0.2, -0.15) is 11.8 Å². The molecule has 1 saturated heterocycles. The molecule has 3 atom stereocenters. The monoisotopic (exact) mass is 258 g/mol. The molecule has 0 aromatic carbocycles. The van der Waals surface area contributed by atoms with Crippen LogP contribution in [0.1, 0.15) is 47.0 Å². The van der Waals surface area contributed by atoms with Crippen molar-refractivity contribution in [3.63, 3.8) is 0 Å². The zero-order valence-corrected chi connectivity index (χ0v) is 12.9.